The van der Waals surface area contributed by atoms with E-state index in [1.54, 1.807) is 12.1 Å². The lowest BCUT2D eigenvalue weighted by Gasteiger charge is -2.07. The Hall–Kier alpha value is -2.25. The van der Waals surface area contributed by atoms with E-state index in [0.29, 0.717) is 16.5 Å². The molecule has 0 fully saturated rings. The molecule has 0 aliphatic heterocycles. The zero-order chi connectivity index (χ0) is 17.1. The molecule has 1 heterocycles. The summed E-state index contributed by atoms with van der Waals surface area (Å²) in [4.78, 5) is 13.3. The molecule has 24 heavy (non-hydrogen) atoms. The topological polar surface area (TPSA) is 72.7 Å². The molecule has 0 aliphatic carbocycles. The Bertz CT molecular complexity index is 878. The maximum atomic E-state index is 12.1. The van der Waals surface area contributed by atoms with Crippen LogP contribution in [0.1, 0.15) is 5.56 Å². The number of nitrogens with one attached hydrogen (secondary N) is 1. The first kappa shape index (κ1) is 16.6. The molecular weight excluding hydrogens is 394 g/mol. The molecule has 0 unspecified atom stereocenters. The number of halogens is 2. The Labute approximate surface area is 152 Å². The van der Waals surface area contributed by atoms with Crippen molar-refractivity contribution in [2.75, 3.05) is 5.32 Å². The maximum absolute atomic E-state index is 12.1. The summed E-state index contributed by atoms with van der Waals surface area (Å²) in [5.74, 6) is 0.184. The van der Waals surface area contributed by atoms with E-state index in [2.05, 4.69) is 36.7 Å². The highest BCUT2D eigenvalue weighted by Crippen LogP contribution is 2.22. The summed E-state index contributed by atoms with van der Waals surface area (Å²) >= 11 is 9.48. The monoisotopic (exact) mass is 405 g/mol. The fraction of sp³-hybridized carbons (Fsp3) is 0.125. The smallest absolute Gasteiger partial charge is 0.248 e. The van der Waals surface area contributed by atoms with Crippen molar-refractivity contribution in [3.05, 3.63) is 57.5 Å². The van der Waals surface area contributed by atoms with Gasteiger partial charge >= 0.3 is 0 Å². The third-order valence-corrected chi connectivity index (χ3v) is 4.08. The van der Waals surface area contributed by atoms with Gasteiger partial charge < -0.3 is 5.32 Å². The molecule has 6 nitrogen and oxygen atoms in total. The molecule has 0 atom stereocenters. The number of amides is 1. The van der Waals surface area contributed by atoms with Crippen LogP contribution < -0.4 is 5.32 Å². The first-order valence-electron chi connectivity index (χ1n) is 7.11. The van der Waals surface area contributed by atoms with E-state index in [1.807, 2.05) is 37.3 Å². The number of tetrazole rings is 1. The van der Waals surface area contributed by atoms with Crippen LogP contribution in [0.4, 0.5) is 5.69 Å². The number of aryl methyl sites for hydroxylation is 1. The summed E-state index contributed by atoms with van der Waals surface area (Å²) in [6.45, 7) is 1.88. The lowest BCUT2D eigenvalue weighted by Crippen LogP contribution is -2.20. The van der Waals surface area contributed by atoms with Crippen molar-refractivity contribution in [3.63, 3.8) is 0 Å². The van der Waals surface area contributed by atoms with Crippen LogP contribution in [0.25, 0.3) is 11.4 Å². The Morgan fingerprint density at radius 1 is 1.25 bits per heavy atom. The van der Waals surface area contributed by atoms with Crippen LogP contribution in [0.2, 0.25) is 5.02 Å². The molecule has 8 heteroatoms. The minimum Gasteiger partial charge on any atom is -0.323 e. The zero-order valence-corrected chi connectivity index (χ0v) is 15.0. The molecule has 0 saturated carbocycles. The van der Waals surface area contributed by atoms with Crippen LogP contribution in [0.5, 0.6) is 0 Å². The van der Waals surface area contributed by atoms with Gasteiger partial charge in [-0.3, -0.25) is 4.79 Å². The van der Waals surface area contributed by atoms with Gasteiger partial charge in [-0.2, -0.15) is 4.80 Å². The number of rotatable bonds is 4. The number of hydrogen-bond donors (Lipinski definition) is 1. The van der Waals surface area contributed by atoms with E-state index >= 15 is 0 Å². The Morgan fingerprint density at radius 3 is 2.71 bits per heavy atom. The van der Waals surface area contributed by atoms with E-state index in [9.17, 15) is 4.79 Å². The summed E-state index contributed by atoms with van der Waals surface area (Å²) in [7, 11) is 0. The van der Waals surface area contributed by atoms with Crippen molar-refractivity contribution in [2.24, 2.45) is 0 Å². The fourth-order valence-corrected chi connectivity index (χ4v) is 2.61. The molecule has 0 bridgehead atoms. The predicted molar refractivity (Wildman–Crippen MR) is 95.8 cm³/mol. The van der Waals surface area contributed by atoms with Gasteiger partial charge in [-0.1, -0.05) is 33.6 Å². The molecule has 1 N–H and O–H groups in total. The molecule has 1 amide bonds. The van der Waals surface area contributed by atoms with Crippen molar-refractivity contribution < 1.29 is 4.79 Å². The van der Waals surface area contributed by atoms with Crippen molar-refractivity contribution >= 4 is 39.1 Å². The highest BCUT2D eigenvalue weighted by atomic mass is 79.9. The molecule has 0 aliphatic rings. The van der Waals surface area contributed by atoms with E-state index in [-0.39, 0.29) is 12.5 Å². The number of anilines is 1. The van der Waals surface area contributed by atoms with Crippen molar-refractivity contribution in [1.82, 2.24) is 20.2 Å². The molecule has 2 aromatic carbocycles. The molecule has 122 valence electrons. The highest BCUT2D eigenvalue weighted by Gasteiger charge is 2.11. The average Bonchev–Trinajstić information content (AvgIpc) is 2.99. The van der Waals surface area contributed by atoms with Gasteiger partial charge in [0.1, 0.15) is 6.54 Å². The van der Waals surface area contributed by atoms with Gasteiger partial charge in [-0.15, -0.1) is 10.2 Å². The van der Waals surface area contributed by atoms with Gasteiger partial charge in [0.05, 0.1) is 10.7 Å². The van der Waals surface area contributed by atoms with Gasteiger partial charge in [-0.25, -0.2) is 0 Å². The third-order valence-electron chi connectivity index (χ3n) is 3.24. The summed E-state index contributed by atoms with van der Waals surface area (Å²) < 4.78 is 0.966. The van der Waals surface area contributed by atoms with Gasteiger partial charge in [0, 0.05) is 10.0 Å². The van der Waals surface area contributed by atoms with Gasteiger partial charge in [0.2, 0.25) is 11.7 Å². The summed E-state index contributed by atoms with van der Waals surface area (Å²) in [5, 5.41) is 15.3. The van der Waals surface area contributed by atoms with Gasteiger partial charge in [0.25, 0.3) is 0 Å². The summed E-state index contributed by atoms with van der Waals surface area (Å²) in [5.41, 5.74) is 2.40. The molecule has 1 aromatic heterocycles. The first-order chi connectivity index (χ1) is 11.5. The molecule has 0 spiro atoms. The second kappa shape index (κ2) is 7.11. The molecule has 3 rings (SSSR count). The molecule has 0 radical (unpaired) electrons. The van der Waals surface area contributed by atoms with Crippen LogP contribution in [0.15, 0.2) is 46.9 Å². The zero-order valence-electron chi connectivity index (χ0n) is 12.7. The minimum atomic E-state index is -0.277. The van der Waals surface area contributed by atoms with Crippen LogP contribution in [-0.2, 0) is 11.3 Å². The quantitative estimate of drug-likeness (QED) is 0.717. The van der Waals surface area contributed by atoms with E-state index in [1.165, 1.54) is 4.80 Å². The number of carbonyl (C=O) groups is 1. The Balaban J connectivity index is 1.68. The standard InChI is InChI=1S/C16H13BrClN5O/c1-10-2-7-14(13(18)8-10)19-15(24)9-23-21-16(20-22-23)11-3-5-12(17)6-4-11/h2-8H,9H2,1H3,(H,19,24). The Kier molecular flexibility index (Phi) is 4.92. The normalized spacial score (nSPS) is 10.6. The Morgan fingerprint density at radius 2 is 2.00 bits per heavy atom. The predicted octanol–water partition coefficient (Wildman–Crippen LogP) is 3.70. The fourth-order valence-electron chi connectivity index (χ4n) is 2.06. The summed E-state index contributed by atoms with van der Waals surface area (Å²) in [6.07, 6.45) is 0. The van der Waals surface area contributed by atoms with Crippen LogP contribution in [0, 0.1) is 6.92 Å². The van der Waals surface area contributed by atoms with Crippen LogP contribution in [0.3, 0.4) is 0 Å². The first-order valence-corrected chi connectivity index (χ1v) is 8.28. The second-order valence-electron chi connectivity index (χ2n) is 5.18. The van der Waals surface area contributed by atoms with Crippen molar-refractivity contribution in [1.29, 1.82) is 0 Å². The molecule has 3 aromatic rings. The van der Waals surface area contributed by atoms with Crippen LogP contribution >= 0.6 is 27.5 Å². The van der Waals surface area contributed by atoms with Gasteiger partial charge in [0.15, 0.2) is 0 Å². The maximum Gasteiger partial charge on any atom is 0.248 e. The van der Waals surface area contributed by atoms with E-state index in [4.69, 9.17) is 11.6 Å². The molecular formula is C16H13BrClN5O. The lowest BCUT2D eigenvalue weighted by atomic mass is 10.2. The van der Waals surface area contributed by atoms with Gasteiger partial charge in [-0.05, 0) is 54.1 Å². The van der Waals surface area contributed by atoms with Crippen molar-refractivity contribution in [2.45, 2.75) is 13.5 Å². The largest absolute Gasteiger partial charge is 0.323 e. The number of carbonyl (C=O) groups excluding carboxylic acids is 1. The number of benzene rings is 2. The van der Waals surface area contributed by atoms with Crippen molar-refractivity contribution in [3.8, 4) is 11.4 Å². The molecule has 0 saturated heterocycles. The SMILES string of the molecule is Cc1ccc(NC(=O)Cn2nnc(-c3ccc(Br)cc3)n2)c(Cl)c1. The van der Waals surface area contributed by atoms with E-state index in [0.717, 1.165) is 15.6 Å². The highest BCUT2D eigenvalue weighted by molar-refractivity contribution is 9.10. The van der Waals surface area contributed by atoms with Crippen LogP contribution in [-0.4, -0.2) is 26.1 Å². The third kappa shape index (κ3) is 3.98. The number of aromatic nitrogens is 4. The summed E-state index contributed by atoms with van der Waals surface area (Å²) in [6, 6.07) is 13.0. The number of nitrogens with zero attached hydrogens (tertiary/aromatic N) is 4. The lowest BCUT2D eigenvalue weighted by molar-refractivity contribution is -0.117. The average molecular weight is 407 g/mol. The number of hydrogen-bond acceptors (Lipinski definition) is 4. The minimum absolute atomic E-state index is 0.0479. The second-order valence-corrected chi connectivity index (χ2v) is 6.50. The van der Waals surface area contributed by atoms with E-state index < -0.39 is 0 Å².